The summed E-state index contributed by atoms with van der Waals surface area (Å²) < 4.78 is 13.1. The van der Waals surface area contributed by atoms with Crippen molar-refractivity contribution in [1.29, 1.82) is 0 Å². The summed E-state index contributed by atoms with van der Waals surface area (Å²) in [5.74, 6) is -2.78. The highest BCUT2D eigenvalue weighted by atomic mass is 31.1. The molecule has 10 heteroatoms. The van der Waals surface area contributed by atoms with E-state index in [1.807, 2.05) is 0 Å². The number of hydrogen-bond donors (Lipinski definition) is 6. The van der Waals surface area contributed by atoms with Gasteiger partial charge in [0.25, 0.3) is 0 Å². The molecule has 0 aliphatic carbocycles. The van der Waals surface area contributed by atoms with Crippen LogP contribution in [0.3, 0.4) is 0 Å². The van der Waals surface area contributed by atoms with Gasteiger partial charge in [-0.15, -0.1) is 0 Å². The van der Waals surface area contributed by atoms with E-state index >= 15 is 0 Å². The Kier molecular flexibility index (Phi) is 6.01. The highest BCUT2D eigenvalue weighted by molar-refractivity contribution is 7.30. The van der Waals surface area contributed by atoms with Crippen LogP contribution < -0.4 is 0 Å². The predicted octanol–water partition coefficient (Wildman–Crippen LogP) is -2.05. The number of cyclic esters (lactones) is 1. The Balaban J connectivity index is 0.000000487. The third-order valence-corrected chi connectivity index (χ3v) is 1.48. The standard InChI is InChI=1S/C6H8O6.H3O3P/c7-1-2(8)5-3(9)4(10)6(11)12-5;1-4(2)3/h2,5,7-10H,1H2;4H,(H2,1,2,3)/t2-,5+;/m0./s1. The summed E-state index contributed by atoms with van der Waals surface area (Å²) in [5, 5.41) is 35.0. The first-order chi connectivity index (χ1) is 7.31. The maximum Gasteiger partial charge on any atom is 0.377 e. The minimum atomic E-state index is -3.13. The Morgan fingerprint density at radius 3 is 2.06 bits per heavy atom. The Hall–Kier alpha value is -1.12. The molecular formula is C6H11O9P. The van der Waals surface area contributed by atoms with Crippen LogP contribution in [0.25, 0.3) is 0 Å². The van der Waals surface area contributed by atoms with Crippen LogP contribution >= 0.6 is 8.25 Å². The molecule has 1 aliphatic rings. The van der Waals surface area contributed by atoms with E-state index in [0.717, 1.165) is 0 Å². The normalized spacial score (nSPS) is 21.6. The molecule has 2 atom stereocenters. The molecule has 1 rings (SSSR count). The van der Waals surface area contributed by atoms with Crippen LogP contribution in [0.15, 0.2) is 11.5 Å². The van der Waals surface area contributed by atoms with Gasteiger partial charge in [-0.1, -0.05) is 0 Å². The van der Waals surface area contributed by atoms with Crippen LogP contribution in [-0.4, -0.2) is 55.0 Å². The Morgan fingerprint density at radius 2 is 1.81 bits per heavy atom. The lowest BCUT2D eigenvalue weighted by Gasteiger charge is -2.13. The third kappa shape index (κ3) is 4.17. The SMILES string of the molecule is O=C1O[C@H]([C@@H](O)CO)C(O)=C1O.O=[PH](O)O. The van der Waals surface area contributed by atoms with Crippen LogP contribution in [0.1, 0.15) is 0 Å². The second kappa shape index (κ2) is 6.46. The molecule has 0 aromatic carbocycles. The number of aliphatic hydroxyl groups is 4. The second-order valence-corrected chi connectivity index (χ2v) is 3.16. The van der Waals surface area contributed by atoms with Gasteiger partial charge in [-0.2, -0.15) is 0 Å². The van der Waals surface area contributed by atoms with Gasteiger partial charge in [0.2, 0.25) is 5.76 Å². The van der Waals surface area contributed by atoms with Crippen molar-refractivity contribution >= 4 is 14.2 Å². The zero-order chi connectivity index (χ0) is 12.9. The molecule has 0 radical (unpaired) electrons. The molecule has 0 saturated heterocycles. The molecule has 1 heterocycles. The van der Waals surface area contributed by atoms with Gasteiger partial charge in [0.05, 0.1) is 6.61 Å². The molecular weight excluding hydrogens is 247 g/mol. The van der Waals surface area contributed by atoms with Gasteiger partial charge < -0.3 is 34.9 Å². The lowest BCUT2D eigenvalue weighted by Crippen LogP contribution is -2.31. The summed E-state index contributed by atoms with van der Waals surface area (Å²) in [6.45, 7) is -0.671. The van der Waals surface area contributed by atoms with Crippen LogP contribution in [0.2, 0.25) is 0 Å². The van der Waals surface area contributed by atoms with E-state index in [0.29, 0.717) is 0 Å². The van der Waals surface area contributed by atoms with E-state index in [-0.39, 0.29) is 0 Å². The van der Waals surface area contributed by atoms with Crippen molar-refractivity contribution in [2.75, 3.05) is 6.61 Å². The van der Waals surface area contributed by atoms with Gasteiger partial charge in [0.1, 0.15) is 6.10 Å². The molecule has 94 valence electrons. The fourth-order valence-corrected chi connectivity index (χ4v) is 0.823. The van der Waals surface area contributed by atoms with Gasteiger partial charge in [-0.3, -0.25) is 4.57 Å². The topological polar surface area (TPSA) is 165 Å². The van der Waals surface area contributed by atoms with E-state index in [1.165, 1.54) is 0 Å². The van der Waals surface area contributed by atoms with Crippen LogP contribution in [0.5, 0.6) is 0 Å². The first-order valence-electron chi connectivity index (χ1n) is 3.85. The summed E-state index contributed by atoms with van der Waals surface area (Å²) in [6, 6.07) is 0. The molecule has 0 aromatic rings. The Morgan fingerprint density at radius 1 is 1.38 bits per heavy atom. The minimum Gasteiger partial charge on any atom is -0.505 e. The summed E-state index contributed by atoms with van der Waals surface area (Å²) in [4.78, 5) is 24.8. The van der Waals surface area contributed by atoms with E-state index < -0.39 is 44.6 Å². The van der Waals surface area contributed by atoms with Crippen molar-refractivity contribution < 1.29 is 44.3 Å². The number of aliphatic hydroxyl groups excluding tert-OH is 4. The lowest BCUT2D eigenvalue weighted by molar-refractivity contribution is -0.147. The lowest BCUT2D eigenvalue weighted by atomic mass is 10.2. The number of ether oxygens (including phenoxy) is 1. The Bertz CT molecular complexity index is 307. The van der Waals surface area contributed by atoms with E-state index in [4.69, 9.17) is 34.8 Å². The average molecular weight is 258 g/mol. The maximum absolute atomic E-state index is 10.5. The van der Waals surface area contributed by atoms with Gasteiger partial charge in [0.15, 0.2) is 11.9 Å². The predicted molar refractivity (Wildman–Crippen MR) is 48.7 cm³/mol. The molecule has 0 spiro atoms. The van der Waals surface area contributed by atoms with E-state index in [9.17, 15) is 4.79 Å². The number of esters is 1. The molecule has 16 heavy (non-hydrogen) atoms. The highest BCUT2D eigenvalue weighted by Gasteiger charge is 2.38. The largest absolute Gasteiger partial charge is 0.505 e. The second-order valence-electron chi connectivity index (χ2n) is 2.59. The molecule has 0 fully saturated rings. The zero-order valence-electron chi connectivity index (χ0n) is 7.77. The van der Waals surface area contributed by atoms with Crippen LogP contribution in [-0.2, 0) is 14.1 Å². The number of hydrogen-bond acceptors (Lipinski definition) is 7. The number of carbonyl (C=O) groups excluding carboxylic acids is 1. The molecule has 6 N–H and O–H groups in total. The number of carbonyl (C=O) groups is 1. The summed E-state index contributed by atoms with van der Waals surface area (Å²) >= 11 is 0. The molecule has 0 amide bonds. The quantitative estimate of drug-likeness (QED) is 0.241. The number of rotatable bonds is 2. The molecule has 0 unspecified atom stereocenters. The fraction of sp³-hybridized carbons (Fsp3) is 0.500. The first kappa shape index (κ1) is 14.9. The molecule has 0 bridgehead atoms. The van der Waals surface area contributed by atoms with Crippen LogP contribution in [0, 0.1) is 0 Å². The van der Waals surface area contributed by atoms with Crippen molar-refractivity contribution in [3.05, 3.63) is 11.5 Å². The average Bonchev–Trinajstić information content (AvgIpc) is 2.44. The minimum absolute atomic E-state index is 0.671. The fourth-order valence-electron chi connectivity index (χ4n) is 0.823. The van der Waals surface area contributed by atoms with Gasteiger partial charge in [-0.25, -0.2) is 4.79 Å². The van der Waals surface area contributed by atoms with Crippen molar-refractivity contribution in [1.82, 2.24) is 0 Å². The van der Waals surface area contributed by atoms with E-state index in [1.54, 1.807) is 0 Å². The zero-order valence-corrected chi connectivity index (χ0v) is 8.77. The monoisotopic (exact) mass is 258 g/mol. The van der Waals surface area contributed by atoms with Crippen LogP contribution in [0.4, 0.5) is 0 Å². The molecule has 9 nitrogen and oxygen atoms in total. The van der Waals surface area contributed by atoms with Crippen molar-refractivity contribution in [3.8, 4) is 0 Å². The van der Waals surface area contributed by atoms with Crippen molar-refractivity contribution in [3.63, 3.8) is 0 Å². The Labute approximate surface area is 89.8 Å². The third-order valence-electron chi connectivity index (χ3n) is 1.48. The first-order valence-corrected chi connectivity index (χ1v) is 5.15. The van der Waals surface area contributed by atoms with Gasteiger partial charge in [0, 0.05) is 0 Å². The van der Waals surface area contributed by atoms with Crippen molar-refractivity contribution in [2.24, 2.45) is 0 Å². The highest BCUT2D eigenvalue weighted by Crippen LogP contribution is 2.20. The summed E-state index contributed by atoms with van der Waals surface area (Å²) in [7, 11) is -3.13. The van der Waals surface area contributed by atoms with E-state index in [2.05, 4.69) is 4.74 Å². The summed E-state index contributed by atoms with van der Waals surface area (Å²) in [5.41, 5.74) is 0. The molecule has 0 saturated carbocycles. The van der Waals surface area contributed by atoms with Crippen molar-refractivity contribution in [2.45, 2.75) is 12.2 Å². The molecule has 1 aliphatic heterocycles. The summed E-state index contributed by atoms with van der Waals surface area (Å²) in [6.07, 6.45) is -2.78. The van der Waals surface area contributed by atoms with Gasteiger partial charge >= 0.3 is 14.2 Å². The molecule has 0 aromatic heterocycles. The smallest absolute Gasteiger partial charge is 0.377 e. The van der Waals surface area contributed by atoms with Gasteiger partial charge in [-0.05, 0) is 0 Å². The maximum atomic E-state index is 10.5.